The van der Waals surface area contributed by atoms with E-state index in [0.29, 0.717) is 11.6 Å². The summed E-state index contributed by atoms with van der Waals surface area (Å²) < 4.78 is 0. The second-order valence-corrected chi connectivity index (χ2v) is 3.50. The molecule has 1 atom stereocenters. The van der Waals surface area contributed by atoms with Crippen molar-refractivity contribution in [1.82, 2.24) is 9.97 Å². The van der Waals surface area contributed by atoms with Crippen LogP contribution in [0.25, 0.3) is 0 Å². The minimum Gasteiger partial charge on any atom is -0.396 e. The molecule has 0 unspecified atom stereocenters. The zero-order valence-corrected chi connectivity index (χ0v) is 7.20. The van der Waals surface area contributed by atoms with E-state index in [4.69, 9.17) is 5.73 Å². The van der Waals surface area contributed by atoms with Gasteiger partial charge in [-0.1, -0.05) is 6.92 Å². The van der Waals surface area contributed by atoms with E-state index in [1.807, 2.05) is 0 Å². The molecular weight excluding hydrogens is 150 g/mol. The monoisotopic (exact) mass is 163 g/mol. The lowest BCUT2D eigenvalue weighted by Gasteiger charge is -2.06. The van der Waals surface area contributed by atoms with Gasteiger partial charge in [0, 0.05) is 5.92 Å². The molecule has 1 fully saturated rings. The van der Waals surface area contributed by atoms with E-state index < -0.39 is 0 Å². The van der Waals surface area contributed by atoms with Crippen molar-refractivity contribution in [3.05, 3.63) is 18.2 Å². The highest BCUT2D eigenvalue weighted by atomic mass is 14.9. The second kappa shape index (κ2) is 2.73. The molecule has 2 N–H and O–H groups in total. The summed E-state index contributed by atoms with van der Waals surface area (Å²) in [4.78, 5) is 8.41. The number of aromatic nitrogens is 2. The van der Waals surface area contributed by atoms with E-state index in [0.717, 1.165) is 11.7 Å². The number of rotatable bonds is 2. The van der Waals surface area contributed by atoms with Gasteiger partial charge in [0.05, 0.1) is 18.1 Å². The third kappa shape index (κ3) is 1.40. The summed E-state index contributed by atoms with van der Waals surface area (Å²) in [6, 6.07) is 0. The van der Waals surface area contributed by atoms with Crippen LogP contribution in [0.1, 0.15) is 31.5 Å². The highest BCUT2D eigenvalue weighted by Crippen LogP contribution is 2.40. The van der Waals surface area contributed by atoms with Gasteiger partial charge in [-0.3, -0.25) is 0 Å². The first kappa shape index (κ1) is 7.53. The quantitative estimate of drug-likeness (QED) is 0.720. The van der Waals surface area contributed by atoms with Crippen LogP contribution < -0.4 is 5.73 Å². The molecule has 0 aliphatic heterocycles. The maximum atomic E-state index is 5.49. The van der Waals surface area contributed by atoms with Gasteiger partial charge < -0.3 is 5.73 Å². The number of hydrogen-bond donors (Lipinski definition) is 1. The predicted molar refractivity (Wildman–Crippen MR) is 47.6 cm³/mol. The van der Waals surface area contributed by atoms with Crippen LogP contribution in [0, 0.1) is 5.92 Å². The van der Waals surface area contributed by atoms with Crippen LogP contribution in [0.4, 0.5) is 5.69 Å². The van der Waals surface area contributed by atoms with Crippen molar-refractivity contribution in [3.8, 4) is 0 Å². The van der Waals surface area contributed by atoms with Crippen LogP contribution in [0.5, 0.6) is 0 Å². The Morgan fingerprint density at radius 1 is 1.42 bits per heavy atom. The minimum atomic E-state index is 0.505. The molecule has 1 aromatic rings. The van der Waals surface area contributed by atoms with Gasteiger partial charge >= 0.3 is 0 Å². The average Bonchev–Trinajstić information content (AvgIpc) is 2.87. The van der Waals surface area contributed by atoms with E-state index in [2.05, 4.69) is 16.9 Å². The fourth-order valence-electron chi connectivity index (χ4n) is 1.39. The Hall–Kier alpha value is -1.12. The molecule has 1 aliphatic carbocycles. The van der Waals surface area contributed by atoms with Gasteiger partial charge in [0.15, 0.2) is 0 Å². The lowest BCUT2D eigenvalue weighted by Crippen LogP contribution is -2.02. The molecular formula is C9H13N3. The summed E-state index contributed by atoms with van der Waals surface area (Å²) in [5.41, 5.74) is 6.13. The smallest absolute Gasteiger partial charge is 0.131 e. The number of nitrogens with zero attached hydrogens (tertiary/aromatic N) is 2. The third-order valence-corrected chi connectivity index (χ3v) is 2.43. The van der Waals surface area contributed by atoms with Gasteiger partial charge in [-0.2, -0.15) is 0 Å². The largest absolute Gasteiger partial charge is 0.396 e. The standard InChI is InChI=1S/C9H13N3/c1-6(7-2-3-7)9-11-4-8(10)5-12-9/h4-7H,2-3,10H2,1H3/t6-/m1/s1. The number of nitrogens with two attached hydrogens (primary N) is 1. The van der Waals surface area contributed by atoms with E-state index in [9.17, 15) is 0 Å². The Balaban J connectivity index is 2.16. The van der Waals surface area contributed by atoms with Crippen LogP contribution in [-0.2, 0) is 0 Å². The summed E-state index contributed by atoms with van der Waals surface area (Å²) in [6.45, 7) is 2.18. The molecule has 0 aromatic carbocycles. The van der Waals surface area contributed by atoms with Gasteiger partial charge in [-0.05, 0) is 18.8 Å². The molecule has 64 valence electrons. The highest BCUT2D eigenvalue weighted by molar-refractivity contribution is 5.30. The summed E-state index contributed by atoms with van der Waals surface area (Å²) in [5.74, 6) is 2.26. The molecule has 0 saturated heterocycles. The lowest BCUT2D eigenvalue weighted by molar-refractivity contribution is 0.621. The van der Waals surface area contributed by atoms with Crippen molar-refractivity contribution in [2.45, 2.75) is 25.7 Å². The van der Waals surface area contributed by atoms with E-state index in [1.165, 1.54) is 12.8 Å². The molecule has 1 aromatic heterocycles. The van der Waals surface area contributed by atoms with Gasteiger partial charge in [0.1, 0.15) is 5.82 Å². The SMILES string of the molecule is C[C@@H](c1ncc(N)cn1)C1CC1. The van der Waals surface area contributed by atoms with Crippen LogP contribution in [0.15, 0.2) is 12.4 Å². The van der Waals surface area contributed by atoms with Crippen molar-refractivity contribution in [1.29, 1.82) is 0 Å². The first-order valence-corrected chi connectivity index (χ1v) is 4.35. The molecule has 3 heteroatoms. The molecule has 1 aliphatic rings. The topological polar surface area (TPSA) is 51.8 Å². The van der Waals surface area contributed by atoms with Gasteiger partial charge in [0.25, 0.3) is 0 Å². The van der Waals surface area contributed by atoms with E-state index in [1.54, 1.807) is 12.4 Å². The predicted octanol–water partition coefficient (Wildman–Crippen LogP) is 1.57. The fourth-order valence-corrected chi connectivity index (χ4v) is 1.39. The maximum absolute atomic E-state index is 5.49. The lowest BCUT2D eigenvalue weighted by atomic mass is 10.1. The highest BCUT2D eigenvalue weighted by Gasteiger charge is 2.30. The third-order valence-electron chi connectivity index (χ3n) is 2.43. The van der Waals surface area contributed by atoms with Crippen molar-refractivity contribution in [2.24, 2.45) is 5.92 Å². The molecule has 2 rings (SSSR count). The van der Waals surface area contributed by atoms with Crippen LogP contribution in [0.3, 0.4) is 0 Å². The molecule has 0 spiro atoms. The maximum Gasteiger partial charge on any atom is 0.131 e. The van der Waals surface area contributed by atoms with Crippen LogP contribution in [-0.4, -0.2) is 9.97 Å². The van der Waals surface area contributed by atoms with E-state index in [-0.39, 0.29) is 0 Å². The Morgan fingerprint density at radius 3 is 2.50 bits per heavy atom. The van der Waals surface area contributed by atoms with Gasteiger partial charge in [0.2, 0.25) is 0 Å². The van der Waals surface area contributed by atoms with Gasteiger partial charge in [-0.25, -0.2) is 9.97 Å². The fraction of sp³-hybridized carbons (Fsp3) is 0.556. The van der Waals surface area contributed by atoms with Crippen molar-refractivity contribution >= 4 is 5.69 Å². The molecule has 3 nitrogen and oxygen atoms in total. The zero-order valence-electron chi connectivity index (χ0n) is 7.20. The molecule has 12 heavy (non-hydrogen) atoms. The summed E-state index contributed by atoms with van der Waals surface area (Å²) >= 11 is 0. The molecule has 1 saturated carbocycles. The first-order chi connectivity index (χ1) is 5.77. The average molecular weight is 163 g/mol. The molecule has 0 radical (unpaired) electrons. The Morgan fingerprint density at radius 2 is 2.00 bits per heavy atom. The first-order valence-electron chi connectivity index (χ1n) is 4.35. The molecule has 0 bridgehead atoms. The zero-order chi connectivity index (χ0) is 8.55. The summed E-state index contributed by atoms with van der Waals surface area (Å²) in [6.07, 6.45) is 6.02. The molecule has 1 heterocycles. The Labute approximate surface area is 72.0 Å². The van der Waals surface area contributed by atoms with Crippen LogP contribution in [0.2, 0.25) is 0 Å². The summed E-state index contributed by atoms with van der Waals surface area (Å²) in [7, 11) is 0. The van der Waals surface area contributed by atoms with Crippen molar-refractivity contribution < 1.29 is 0 Å². The Bertz CT molecular complexity index is 264. The number of nitrogen functional groups attached to an aromatic ring is 1. The second-order valence-electron chi connectivity index (χ2n) is 3.50. The number of anilines is 1. The van der Waals surface area contributed by atoms with Crippen LogP contribution >= 0.6 is 0 Å². The number of hydrogen-bond acceptors (Lipinski definition) is 3. The molecule has 0 amide bonds. The normalized spacial score (nSPS) is 19.1. The Kier molecular flexibility index (Phi) is 1.71. The van der Waals surface area contributed by atoms with Crippen molar-refractivity contribution in [3.63, 3.8) is 0 Å². The van der Waals surface area contributed by atoms with Crippen molar-refractivity contribution in [2.75, 3.05) is 5.73 Å². The van der Waals surface area contributed by atoms with Gasteiger partial charge in [-0.15, -0.1) is 0 Å². The summed E-state index contributed by atoms with van der Waals surface area (Å²) in [5, 5.41) is 0. The minimum absolute atomic E-state index is 0.505. The van der Waals surface area contributed by atoms with E-state index >= 15 is 0 Å².